The summed E-state index contributed by atoms with van der Waals surface area (Å²) >= 11 is 5.79. The fourth-order valence-electron chi connectivity index (χ4n) is 2.90. The Balaban J connectivity index is 1.79. The molecule has 1 atom stereocenters. The molecular weight excluding hydrogens is 346 g/mol. The van der Waals surface area contributed by atoms with Crippen molar-refractivity contribution in [3.05, 3.63) is 61.4 Å². The van der Waals surface area contributed by atoms with E-state index < -0.39 is 17.4 Å². The highest BCUT2D eigenvalue weighted by Gasteiger charge is 2.23. The number of benzene rings is 1. The van der Waals surface area contributed by atoms with Gasteiger partial charge in [0.1, 0.15) is 30.1 Å². The fraction of sp³-hybridized carbons (Fsp3) is 0.353. The molecule has 1 aliphatic rings. The van der Waals surface area contributed by atoms with Crippen LogP contribution in [-0.4, -0.2) is 27.0 Å². The zero-order valence-electron chi connectivity index (χ0n) is 13.3. The number of halogens is 1. The van der Waals surface area contributed by atoms with Gasteiger partial charge in [0.15, 0.2) is 0 Å². The number of hydrogen-bond acceptors (Lipinski definition) is 5. The van der Waals surface area contributed by atoms with Gasteiger partial charge in [-0.2, -0.15) is 5.26 Å². The number of nitriles is 1. The van der Waals surface area contributed by atoms with Crippen LogP contribution in [0.4, 0.5) is 0 Å². The monoisotopic (exact) mass is 361 g/mol. The molecular formula is C17H16ClN3O4. The molecule has 130 valence electrons. The second-order valence-corrected chi connectivity index (χ2v) is 6.24. The molecule has 3 rings (SSSR count). The molecule has 1 aromatic carbocycles. The number of fused-ring (bicyclic) bond motifs is 1. The van der Waals surface area contributed by atoms with Gasteiger partial charge in [0.05, 0.1) is 6.54 Å². The smallest absolute Gasteiger partial charge is 0.331 e. The number of aliphatic hydroxyl groups excluding tert-OH is 1. The van der Waals surface area contributed by atoms with Gasteiger partial charge in [0.25, 0.3) is 5.56 Å². The van der Waals surface area contributed by atoms with Crippen molar-refractivity contribution in [1.29, 1.82) is 5.26 Å². The second kappa shape index (κ2) is 7.13. The average molecular weight is 362 g/mol. The fourth-order valence-corrected chi connectivity index (χ4v) is 3.02. The van der Waals surface area contributed by atoms with E-state index in [1.165, 1.54) is 4.57 Å². The molecule has 0 bridgehead atoms. The summed E-state index contributed by atoms with van der Waals surface area (Å²) in [5.41, 5.74) is -0.697. The summed E-state index contributed by atoms with van der Waals surface area (Å²) in [6.07, 6.45) is 0.180. The predicted octanol–water partition coefficient (Wildman–Crippen LogP) is 0.921. The molecule has 2 aromatic rings. The van der Waals surface area contributed by atoms with Crippen LogP contribution in [-0.2, 0) is 19.5 Å². The first kappa shape index (κ1) is 17.3. The molecule has 0 radical (unpaired) electrons. The van der Waals surface area contributed by atoms with E-state index in [0.29, 0.717) is 29.4 Å². The SMILES string of the molecule is N#Cc1c2n(c(=O)n(C[C@H](O)COc3ccc(Cl)cc3)c1=O)CCC2. The molecule has 2 heterocycles. The van der Waals surface area contributed by atoms with Gasteiger partial charge in [-0.05, 0) is 37.1 Å². The van der Waals surface area contributed by atoms with Crippen LogP contribution in [0.2, 0.25) is 5.02 Å². The molecule has 25 heavy (non-hydrogen) atoms. The zero-order chi connectivity index (χ0) is 18.0. The predicted molar refractivity (Wildman–Crippen MR) is 91.0 cm³/mol. The van der Waals surface area contributed by atoms with Crippen molar-refractivity contribution in [3.8, 4) is 11.8 Å². The Morgan fingerprint density at radius 3 is 2.72 bits per heavy atom. The van der Waals surface area contributed by atoms with Gasteiger partial charge in [-0.15, -0.1) is 0 Å². The lowest BCUT2D eigenvalue weighted by atomic mass is 10.2. The standard InChI is InChI=1S/C17H16ClN3O4/c18-11-3-5-13(6-4-11)25-10-12(22)9-21-16(23)14(8-19)15-2-1-7-20(15)17(21)24/h3-6,12,22H,1-2,7,9-10H2/t12-/m0/s1. The van der Waals surface area contributed by atoms with E-state index in [1.807, 2.05) is 6.07 Å². The van der Waals surface area contributed by atoms with Gasteiger partial charge in [-0.3, -0.25) is 13.9 Å². The summed E-state index contributed by atoms with van der Waals surface area (Å²) in [5, 5.41) is 19.9. The van der Waals surface area contributed by atoms with Gasteiger partial charge >= 0.3 is 5.69 Å². The number of hydrogen-bond donors (Lipinski definition) is 1. The molecule has 0 saturated heterocycles. The van der Waals surface area contributed by atoms with Gasteiger partial charge < -0.3 is 9.84 Å². The lowest BCUT2D eigenvalue weighted by molar-refractivity contribution is 0.0899. The highest BCUT2D eigenvalue weighted by Crippen LogP contribution is 2.16. The lowest BCUT2D eigenvalue weighted by Gasteiger charge is -2.15. The van der Waals surface area contributed by atoms with Gasteiger partial charge in [0, 0.05) is 17.3 Å². The molecule has 1 aliphatic heterocycles. The first-order valence-corrected chi connectivity index (χ1v) is 8.22. The summed E-state index contributed by atoms with van der Waals surface area (Å²) in [4.78, 5) is 24.8. The van der Waals surface area contributed by atoms with E-state index in [4.69, 9.17) is 16.3 Å². The number of nitrogens with zero attached hydrogens (tertiary/aromatic N) is 3. The summed E-state index contributed by atoms with van der Waals surface area (Å²) < 4.78 is 7.77. The third-order valence-electron chi connectivity index (χ3n) is 4.09. The molecule has 0 spiro atoms. The normalized spacial score (nSPS) is 14.0. The molecule has 0 aliphatic carbocycles. The highest BCUT2D eigenvalue weighted by atomic mass is 35.5. The maximum absolute atomic E-state index is 12.4. The number of aliphatic hydroxyl groups is 1. The first-order chi connectivity index (χ1) is 12.0. The van der Waals surface area contributed by atoms with Crippen molar-refractivity contribution < 1.29 is 9.84 Å². The van der Waals surface area contributed by atoms with Crippen LogP contribution in [0.1, 0.15) is 17.7 Å². The van der Waals surface area contributed by atoms with Gasteiger partial charge in [-0.1, -0.05) is 11.6 Å². The average Bonchev–Trinajstić information content (AvgIpc) is 3.08. The Morgan fingerprint density at radius 1 is 1.32 bits per heavy atom. The number of ether oxygens (including phenoxy) is 1. The van der Waals surface area contributed by atoms with E-state index in [1.54, 1.807) is 24.3 Å². The third-order valence-corrected chi connectivity index (χ3v) is 4.34. The molecule has 7 nitrogen and oxygen atoms in total. The van der Waals surface area contributed by atoms with E-state index in [-0.39, 0.29) is 18.7 Å². The Kier molecular flexibility index (Phi) is 4.93. The molecule has 0 amide bonds. The Morgan fingerprint density at radius 2 is 2.04 bits per heavy atom. The minimum absolute atomic E-state index is 0.0251. The van der Waals surface area contributed by atoms with E-state index in [0.717, 1.165) is 11.0 Å². The Bertz CT molecular complexity index is 941. The summed E-state index contributed by atoms with van der Waals surface area (Å²) in [6, 6.07) is 8.49. The lowest BCUT2D eigenvalue weighted by Crippen LogP contribution is -2.44. The minimum atomic E-state index is -1.08. The van der Waals surface area contributed by atoms with Crippen LogP contribution in [0, 0.1) is 11.3 Å². The van der Waals surface area contributed by atoms with Crippen molar-refractivity contribution in [1.82, 2.24) is 9.13 Å². The van der Waals surface area contributed by atoms with E-state index in [2.05, 4.69) is 0 Å². The molecule has 1 N–H and O–H groups in total. The van der Waals surface area contributed by atoms with Crippen LogP contribution in [0.15, 0.2) is 33.9 Å². The topological polar surface area (TPSA) is 97.2 Å². The number of aromatic nitrogens is 2. The first-order valence-electron chi connectivity index (χ1n) is 7.84. The van der Waals surface area contributed by atoms with Crippen LogP contribution in [0.25, 0.3) is 0 Å². The Hall–Kier alpha value is -2.56. The molecule has 1 aromatic heterocycles. The quantitative estimate of drug-likeness (QED) is 0.854. The summed E-state index contributed by atoms with van der Waals surface area (Å²) in [7, 11) is 0. The maximum Gasteiger partial charge on any atom is 0.331 e. The molecule has 0 unspecified atom stereocenters. The summed E-state index contributed by atoms with van der Waals surface area (Å²) in [6.45, 7) is 0.137. The van der Waals surface area contributed by atoms with Crippen LogP contribution in [0.5, 0.6) is 5.75 Å². The molecule has 8 heteroatoms. The number of rotatable bonds is 5. The zero-order valence-corrected chi connectivity index (χ0v) is 14.1. The van der Waals surface area contributed by atoms with Crippen molar-refractivity contribution in [2.45, 2.75) is 32.0 Å². The van der Waals surface area contributed by atoms with E-state index >= 15 is 0 Å². The van der Waals surface area contributed by atoms with Crippen molar-refractivity contribution in [3.63, 3.8) is 0 Å². The van der Waals surface area contributed by atoms with Gasteiger partial charge in [-0.25, -0.2) is 4.79 Å². The largest absolute Gasteiger partial charge is 0.491 e. The minimum Gasteiger partial charge on any atom is -0.491 e. The third kappa shape index (κ3) is 3.45. The van der Waals surface area contributed by atoms with Crippen molar-refractivity contribution in [2.24, 2.45) is 0 Å². The Labute approximate surface area is 148 Å². The summed E-state index contributed by atoms with van der Waals surface area (Å²) in [5.74, 6) is 0.513. The van der Waals surface area contributed by atoms with Crippen molar-refractivity contribution >= 4 is 11.6 Å². The van der Waals surface area contributed by atoms with Crippen LogP contribution >= 0.6 is 11.6 Å². The maximum atomic E-state index is 12.4. The molecule has 0 fully saturated rings. The van der Waals surface area contributed by atoms with E-state index in [9.17, 15) is 20.0 Å². The van der Waals surface area contributed by atoms with Crippen molar-refractivity contribution in [2.75, 3.05) is 6.61 Å². The van der Waals surface area contributed by atoms with Crippen LogP contribution < -0.4 is 16.0 Å². The second-order valence-electron chi connectivity index (χ2n) is 5.81. The molecule has 0 saturated carbocycles. The van der Waals surface area contributed by atoms with Crippen LogP contribution in [0.3, 0.4) is 0 Å². The highest BCUT2D eigenvalue weighted by molar-refractivity contribution is 6.30. The van der Waals surface area contributed by atoms with Gasteiger partial charge in [0.2, 0.25) is 0 Å².